The van der Waals surface area contributed by atoms with E-state index in [1.54, 1.807) is 24.3 Å². The van der Waals surface area contributed by atoms with Crippen molar-refractivity contribution in [3.63, 3.8) is 0 Å². The molecule has 0 aliphatic heterocycles. The number of benzene rings is 2. The molecule has 23 heavy (non-hydrogen) atoms. The van der Waals surface area contributed by atoms with Crippen LogP contribution in [0.2, 0.25) is 5.02 Å². The topological polar surface area (TPSA) is 78.9 Å². The van der Waals surface area contributed by atoms with Crippen molar-refractivity contribution in [1.82, 2.24) is 5.16 Å². The first-order valence-corrected chi connectivity index (χ1v) is 7.09. The Bertz CT molecular complexity index is 880. The first-order chi connectivity index (χ1) is 11.2. The van der Waals surface area contributed by atoms with Crippen molar-refractivity contribution in [3.8, 4) is 17.3 Å². The molecular weight excluding hydrogens is 314 g/mol. The Morgan fingerprint density at radius 1 is 1.13 bits per heavy atom. The van der Waals surface area contributed by atoms with Crippen molar-refractivity contribution < 1.29 is 9.32 Å². The molecule has 1 aromatic heterocycles. The molecule has 1 N–H and O–H groups in total. The molecule has 0 unspecified atom stereocenters. The first-order valence-electron chi connectivity index (χ1n) is 6.71. The zero-order chi connectivity index (χ0) is 16.2. The van der Waals surface area contributed by atoms with Crippen LogP contribution in [0.1, 0.15) is 15.9 Å². The van der Waals surface area contributed by atoms with Gasteiger partial charge in [0.1, 0.15) is 17.3 Å². The molecule has 0 bridgehead atoms. The van der Waals surface area contributed by atoms with Crippen LogP contribution >= 0.6 is 11.6 Å². The van der Waals surface area contributed by atoms with Gasteiger partial charge < -0.3 is 4.52 Å². The van der Waals surface area contributed by atoms with Crippen molar-refractivity contribution in [3.05, 3.63) is 70.7 Å². The minimum Gasteiger partial charge on any atom is -0.336 e. The summed E-state index contributed by atoms with van der Waals surface area (Å²) in [7, 11) is 0. The van der Waals surface area contributed by atoms with Crippen molar-refractivity contribution >= 4 is 23.4 Å². The minimum absolute atomic E-state index is 0.0197. The van der Waals surface area contributed by atoms with Crippen LogP contribution in [0.15, 0.2) is 59.1 Å². The maximum Gasteiger partial charge on any atom is 0.258 e. The minimum atomic E-state index is -0.408. The lowest BCUT2D eigenvalue weighted by molar-refractivity contribution is 0.102. The molecule has 0 spiro atoms. The maximum atomic E-state index is 12.2. The van der Waals surface area contributed by atoms with E-state index in [0.29, 0.717) is 16.3 Å². The summed E-state index contributed by atoms with van der Waals surface area (Å²) in [4.78, 5) is 12.2. The van der Waals surface area contributed by atoms with Crippen LogP contribution in [0.4, 0.5) is 5.88 Å². The number of amides is 1. The molecule has 0 saturated carbocycles. The molecule has 1 amide bonds. The fourth-order valence-electron chi connectivity index (χ4n) is 2.05. The predicted octanol–water partition coefficient (Wildman–Crippen LogP) is 4.12. The van der Waals surface area contributed by atoms with E-state index in [1.807, 2.05) is 36.4 Å². The molecule has 2 aromatic carbocycles. The zero-order valence-corrected chi connectivity index (χ0v) is 12.5. The Labute approximate surface area is 137 Å². The van der Waals surface area contributed by atoms with Crippen LogP contribution in [-0.4, -0.2) is 11.1 Å². The maximum absolute atomic E-state index is 12.2. The van der Waals surface area contributed by atoms with E-state index in [0.717, 1.165) is 5.56 Å². The summed E-state index contributed by atoms with van der Waals surface area (Å²) in [6.07, 6.45) is 0. The van der Waals surface area contributed by atoms with Gasteiger partial charge in [-0.2, -0.15) is 5.26 Å². The molecule has 112 valence electrons. The van der Waals surface area contributed by atoms with E-state index >= 15 is 0 Å². The quantitative estimate of drug-likeness (QED) is 0.786. The Hall–Kier alpha value is -3.10. The van der Waals surface area contributed by atoms with Crippen molar-refractivity contribution in [2.45, 2.75) is 0 Å². The number of nitriles is 1. The number of anilines is 1. The highest BCUT2D eigenvalue weighted by Gasteiger charge is 2.19. The highest BCUT2D eigenvalue weighted by atomic mass is 35.5. The van der Waals surface area contributed by atoms with Crippen LogP contribution in [0.5, 0.6) is 0 Å². The molecule has 3 aromatic rings. The molecule has 0 saturated heterocycles. The van der Waals surface area contributed by atoms with E-state index in [1.165, 1.54) is 0 Å². The summed E-state index contributed by atoms with van der Waals surface area (Å²) in [5.74, 6) is -0.389. The van der Waals surface area contributed by atoms with Gasteiger partial charge in [-0.1, -0.05) is 47.1 Å². The number of nitrogens with zero attached hydrogens (tertiary/aromatic N) is 2. The number of carbonyl (C=O) groups excluding carboxylic acids is 1. The second-order valence-corrected chi connectivity index (χ2v) is 5.11. The van der Waals surface area contributed by atoms with Gasteiger partial charge in [-0.25, -0.2) is 0 Å². The SMILES string of the molecule is N#Cc1c(-c2ccccc2)noc1NC(=O)c1ccc(Cl)cc1. The van der Waals surface area contributed by atoms with E-state index in [4.69, 9.17) is 16.1 Å². The summed E-state index contributed by atoms with van der Waals surface area (Å²) in [5.41, 5.74) is 1.70. The lowest BCUT2D eigenvalue weighted by atomic mass is 10.1. The van der Waals surface area contributed by atoms with Crippen LogP contribution in [0, 0.1) is 11.3 Å². The molecule has 0 radical (unpaired) electrons. The van der Waals surface area contributed by atoms with Crippen molar-refractivity contribution in [2.24, 2.45) is 0 Å². The summed E-state index contributed by atoms with van der Waals surface area (Å²) in [6, 6.07) is 17.5. The summed E-state index contributed by atoms with van der Waals surface area (Å²) < 4.78 is 5.13. The number of halogens is 1. The summed E-state index contributed by atoms with van der Waals surface area (Å²) >= 11 is 5.79. The number of nitrogens with one attached hydrogen (secondary N) is 1. The van der Waals surface area contributed by atoms with Gasteiger partial charge in [-0.15, -0.1) is 0 Å². The van der Waals surface area contributed by atoms with Crippen LogP contribution in [0.25, 0.3) is 11.3 Å². The summed E-state index contributed by atoms with van der Waals surface area (Å²) in [5, 5.41) is 16.3. The highest BCUT2D eigenvalue weighted by Crippen LogP contribution is 2.28. The molecular formula is C17H10ClN3O2. The van der Waals surface area contributed by atoms with Crippen molar-refractivity contribution in [1.29, 1.82) is 5.26 Å². The monoisotopic (exact) mass is 323 g/mol. The molecule has 0 atom stereocenters. The van der Waals surface area contributed by atoms with E-state index in [2.05, 4.69) is 10.5 Å². The van der Waals surface area contributed by atoms with Gasteiger partial charge in [0.25, 0.3) is 5.91 Å². The first kappa shape index (κ1) is 14.8. The fraction of sp³-hybridized carbons (Fsp3) is 0. The Kier molecular flexibility index (Phi) is 4.09. The van der Waals surface area contributed by atoms with E-state index in [9.17, 15) is 10.1 Å². The Balaban J connectivity index is 1.90. The molecule has 0 aliphatic carbocycles. The number of aromatic nitrogens is 1. The van der Waals surface area contributed by atoms with Crippen LogP contribution in [0.3, 0.4) is 0 Å². The second-order valence-electron chi connectivity index (χ2n) is 4.67. The van der Waals surface area contributed by atoms with Gasteiger partial charge in [0.05, 0.1) is 0 Å². The molecule has 0 aliphatic rings. The van der Waals surface area contributed by atoms with Crippen molar-refractivity contribution in [2.75, 3.05) is 5.32 Å². The standard InChI is InChI=1S/C17H10ClN3O2/c18-13-8-6-12(7-9-13)16(22)20-17-14(10-19)15(21-23-17)11-4-2-1-3-5-11/h1-9H,(H,20,22). The largest absolute Gasteiger partial charge is 0.336 e. The molecule has 3 rings (SSSR count). The second kappa shape index (κ2) is 6.34. The predicted molar refractivity (Wildman–Crippen MR) is 86.1 cm³/mol. The molecule has 5 nitrogen and oxygen atoms in total. The van der Waals surface area contributed by atoms with Gasteiger partial charge in [-0.3, -0.25) is 10.1 Å². The van der Waals surface area contributed by atoms with Crippen LogP contribution in [-0.2, 0) is 0 Å². The van der Waals surface area contributed by atoms with E-state index in [-0.39, 0.29) is 11.4 Å². The third-order valence-corrected chi connectivity index (χ3v) is 3.44. The van der Waals surface area contributed by atoms with Gasteiger partial charge in [-0.05, 0) is 24.3 Å². The average molecular weight is 324 g/mol. The third kappa shape index (κ3) is 3.07. The van der Waals surface area contributed by atoms with E-state index < -0.39 is 5.91 Å². The number of rotatable bonds is 3. The average Bonchev–Trinajstić information content (AvgIpc) is 2.98. The molecule has 0 fully saturated rings. The van der Waals surface area contributed by atoms with Gasteiger partial charge in [0.15, 0.2) is 0 Å². The van der Waals surface area contributed by atoms with Crippen LogP contribution < -0.4 is 5.32 Å². The number of hydrogen-bond acceptors (Lipinski definition) is 4. The lowest BCUT2D eigenvalue weighted by Gasteiger charge is -2.02. The zero-order valence-electron chi connectivity index (χ0n) is 11.8. The Morgan fingerprint density at radius 2 is 1.83 bits per heavy atom. The fourth-order valence-corrected chi connectivity index (χ4v) is 2.17. The third-order valence-electron chi connectivity index (χ3n) is 3.18. The molecule has 1 heterocycles. The lowest BCUT2D eigenvalue weighted by Crippen LogP contribution is -2.11. The number of hydrogen-bond donors (Lipinski definition) is 1. The normalized spacial score (nSPS) is 10.1. The molecule has 6 heteroatoms. The van der Waals surface area contributed by atoms with Gasteiger partial charge >= 0.3 is 0 Å². The van der Waals surface area contributed by atoms with Gasteiger partial charge in [0, 0.05) is 16.1 Å². The smallest absolute Gasteiger partial charge is 0.258 e. The number of carbonyl (C=O) groups is 1. The highest BCUT2D eigenvalue weighted by molar-refractivity contribution is 6.30. The Morgan fingerprint density at radius 3 is 2.48 bits per heavy atom. The summed E-state index contributed by atoms with van der Waals surface area (Å²) in [6.45, 7) is 0. The van der Waals surface area contributed by atoms with Gasteiger partial charge in [0.2, 0.25) is 5.88 Å².